The number of hydrogen-bond donors (Lipinski definition) is 1. The highest BCUT2D eigenvalue weighted by atomic mass is 32.1. The molecule has 1 aliphatic carbocycles. The molecule has 0 radical (unpaired) electrons. The number of aliphatic hydroxyl groups excluding tert-OH is 1. The maximum absolute atomic E-state index is 9.33. The van der Waals surface area contributed by atoms with E-state index in [1.807, 2.05) is 39.0 Å². The largest absolute Gasteiger partial charge is 0.390 e. The summed E-state index contributed by atoms with van der Waals surface area (Å²) in [7, 11) is 0. The molecule has 30 heavy (non-hydrogen) atoms. The summed E-state index contributed by atoms with van der Waals surface area (Å²) < 4.78 is 3.84. The number of thiazole rings is 1. The predicted octanol–water partition coefficient (Wildman–Crippen LogP) is 3.36. The van der Waals surface area contributed by atoms with E-state index in [1.165, 1.54) is 11.3 Å². The van der Waals surface area contributed by atoms with Crippen LogP contribution in [0.5, 0.6) is 0 Å². The highest BCUT2D eigenvalue weighted by Crippen LogP contribution is 2.46. The van der Waals surface area contributed by atoms with E-state index in [2.05, 4.69) is 27.2 Å². The summed E-state index contributed by atoms with van der Waals surface area (Å²) in [4.78, 5) is 8.91. The lowest BCUT2D eigenvalue weighted by atomic mass is 9.67. The van der Waals surface area contributed by atoms with E-state index in [9.17, 15) is 15.6 Å². The molecule has 148 valence electrons. The van der Waals surface area contributed by atoms with Gasteiger partial charge in [0.15, 0.2) is 0 Å². The second-order valence-electron chi connectivity index (χ2n) is 7.55. The van der Waals surface area contributed by atoms with Gasteiger partial charge in [0.05, 0.1) is 54.2 Å². The van der Waals surface area contributed by atoms with E-state index in [1.54, 1.807) is 12.4 Å². The lowest BCUT2D eigenvalue weighted by Crippen LogP contribution is -2.46. The van der Waals surface area contributed by atoms with Crippen molar-refractivity contribution < 1.29 is 5.11 Å². The highest BCUT2D eigenvalue weighted by molar-refractivity contribution is 7.13. The molecule has 0 spiro atoms. The second kappa shape index (κ2) is 7.06. The minimum Gasteiger partial charge on any atom is -0.390 e. The second-order valence-corrected chi connectivity index (χ2v) is 8.41. The first-order chi connectivity index (χ1) is 14.7. The van der Waals surface area contributed by atoms with Gasteiger partial charge in [0.2, 0.25) is 0 Å². The van der Waals surface area contributed by atoms with Gasteiger partial charge in [-0.05, 0) is 25.0 Å². The Morgan fingerprint density at radius 2 is 2.13 bits per heavy atom. The molecule has 4 aromatic heterocycles. The summed E-state index contributed by atoms with van der Waals surface area (Å²) in [6.07, 6.45) is 8.99. The molecule has 1 fully saturated rings. The zero-order valence-corrected chi connectivity index (χ0v) is 16.7. The fourth-order valence-corrected chi connectivity index (χ4v) is 4.90. The van der Waals surface area contributed by atoms with Crippen molar-refractivity contribution in [3.63, 3.8) is 0 Å². The summed E-state index contributed by atoms with van der Waals surface area (Å²) in [6, 6.07) is 8.54. The number of fused-ring (bicyclic) bond motifs is 1. The quantitative estimate of drug-likeness (QED) is 0.534. The van der Waals surface area contributed by atoms with Gasteiger partial charge in [-0.15, -0.1) is 11.3 Å². The zero-order chi connectivity index (χ0) is 20.7. The lowest BCUT2D eigenvalue weighted by Gasteiger charge is -2.43. The van der Waals surface area contributed by atoms with Gasteiger partial charge in [0.1, 0.15) is 10.7 Å². The minimum atomic E-state index is -0.412. The van der Waals surface area contributed by atoms with Crippen LogP contribution in [0.15, 0.2) is 42.3 Å². The molecule has 0 aliphatic heterocycles. The van der Waals surface area contributed by atoms with Gasteiger partial charge in [0, 0.05) is 35.1 Å². The molecule has 5 rings (SSSR count). The number of hydrogen-bond acceptors (Lipinski definition) is 7. The van der Waals surface area contributed by atoms with Crippen LogP contribution in [-0.2, 0) is 12.1 Å². The SMILES string of the molecule is N#CCC1(n2cc(-c3cc(-c4nc(CO)cs4)cc4nccn34)cn2)CC(C#N)C1. The number of nitrogens with zero attached hydrogens (tertiary/aromatic N) is 7. The van der Waals surface area contributed by atoms with E-state index < -0.39 is 5.54 Å². The van der Waals surface area contributed by atoms with Crippen molar-refractivity contribution in [3.05, 3.63) is 48.0 Å². The Balaban J connectivity index is 1.58. The normalized spacial score (nSPS) is 20.6. The molecule has 1 N–H and O–H groups in total. The van der Waals surface area contributed by atoms with Crippen LogP contribution in [-0.4, -0.2) is 29.3 Å². The van der Waals surface area contributed by atoms with Crippen molar-refractivity contribution >= 4 is 17.0 Å². The van der Waals surface area contributed by atoms with E-state index in [0.29, 0.717) is 25.0 Å². The van der Waals surface area contributed by atoms with E-state index in [4.69, 9.17) is 0 Å². The van der Waals surface area contributed by atoms with Crippen LogP contribution in [0.4, 0.5) is 0 Å². The molecule has 0 bridgehead atoms. The van der Waals surface area contributed by atoms with Crippen molar-refractivity contribution in [1.29, 1.82) is 10.5 Å². The predicted molar refractivity (Wildman–Crippen MR) is 110 cm³/mol. The van der Waals surface area contributed by atoms with Crippen molar-refractivity contribution in [3.8, 4) is 34.0 Å². The summed E-state index contributed by atoms with van der Waals surface area (Å²) in [5, 5.41) is 35.0. The Hall–Kier alpha value is -3.53. The summed E-state index contributed by atoms with van der Waals surface area (Å²) in [5.41, 5.74) is 3.75. The van der Waals surface area contributed by atoms with Gasteiger partial charge in [-0.2, -0.15) is 15.6 Å². The third kappa shape index (κ3) is 2.88. The summed E-state index contributed by atoms with van der Waals surface area (Å²) >= 11 is 1.48. The highest BCUT2D eigenvalue weighted by Gasteiger charge is 2.46. The number of nitriles is 2. The van der Waals surface area contributed by atoms with Gasteiger partial charge in [-0.1, -0.05) is 0 Å². The number of rotatable bonds is 5. The Morgan fingerprint density at radius 3 is 2.87 bits per heavy atom. The van der Waals surface area contributed by atoms with Crippen LogP contribution in [0.25, 0.3) is 27.5 Å². The Labute approximate surface area is 176 Å². The van der Waals surface area contributed by atoms with Crippen molar-refractivity contribution in [1.82, 2.24) is 24.1 Å². The van der Waals surface area contributed by atoms with Crippen LogP contribution >= 0.6 is 11.3 Å². The first kappa shape index (κ1) is 18.5. The maximum atomic E-state index is 9.33. The monoisotopic (exact) mass is 415 g/mol. The lowest BCUT2D eigenvalue weighted by molar-refractivity contribution is 0.0882. The molecule has 1 aliphatic rings. The number of pyridine rings is 1. The molecule has 0 unspecified atom stereocenters. The maximum Gasteiger partial charge on any atom is 0.137 e. The smallest absolute Gasteiger partial charge is 0.137 e. The summed E-state index contributed by atoms with van der Waals surface area (Å²) in [6.45, 7) is -0.0909. The van der Waals surface area contributed by atoms with E-state index >= 15 is 0 Å². The van der Waals surface area contributed by atoms with Gasteiger partial charge >= 0.3 is 0 Å². The first-order valence-corrected chi connectivity index (χ1v) is 10.4. The minimum absolute atomic E-state index is 0.0275. The zero-order valence-electron chi connectivity index (χ0n) is 15.9. The molecule has 9 heteroatoms. The van der Waals surface area contributed by atoms with Crippen LogP contribution in [0.2, 0.25) is 0 Å². The Morgan fingerprint density at radius 1 is 1.27 bits per heavy atom. The van der Waals surface area contributed by atoms with Crippen LogP contribution < -0.4 is 0 Å². The fraction of sp³-hybridized carbons (Fsp3) is 0.286. The molecule has 4 aromatic rings. The first-order valence-electron chi connectivity index (χ1n) is 9.50. The van der Waals surface area contributed by atoms with Gasteiger partial charge in [-0.3, -0.25) is 9.08 Å². The molecular formula is C21H17N7OS. The summed E-state index contributed by atoms with van der Waals surface area (Å²) in [5.74, 6) is -0.0275. The number of aromatic nitrogens is 5. The Kier molecular flexibility index (Phi) is 4.35. The average Bonchev–Trinajstić information content (AvgIpc) is 3.49. The van der Waals surface area contributed by atoms with Crippen LogP contribution in [0, 0.1) is 28.6 Å². The van der Waals surface area contributed by atoms with Gasteiger partial charge in [-0.25, -0.2) is 9.97 Å². The molecule has 0 amide bonds. The molecule has 0 aromatic carbocycles. The average molecular weight is 415 g/mol. The third-order valence-corrected chi connectivity index (χ3v) is 6.61. The molecule has 4 heterocycles. The topological polar surface area (TPSA) is 116 Å². The number of imidazole rings is 1. The standard InChI is InChI=1S/C21H17N7OS/c22-2-1-21(7-14(8-21)9-23)28-11-16(10-25-28)18-5-15(6-19-24-3-4-27(18)19)20-26-17(12-29)13-30-20/h3-6,10-11,13-14,29H,1,7-8,12H2. The van der Waals surface area contributed by atoms with E-state index in [-0.39, 0.29) is 12.5 Å². The molecule has 0 saturated heterocycles. The van der Waals surface area contributed by atoms with Gasteiger partial charge in [0.25, 0.3) is 0 Å². The van der Waals surface area contributed by atoms with Gasteiger partial charge < -0.3 is 5.11 Å². The van der Waals surface area contributed by atoms with Crippen molar-refractivity contribution in [2.24, 2.45) is 5.92 Å². The third-order valence-electron chi connectivity index (χ3n) is 5.67. The molecule has 0 atom stereocenters. The van der Waals surface area contributed by atoms with Crippen molar-refractivity contribution in [2.75, 3.05) is 0 Å². The van der Waals surface area contributed by atoms with Crippen LogP contribution in [0.1, 0.15) is 25.0 Å². The molecular weight excluding hydrogens is 398 g/mol. The fourth-order valence-electron chi connectivity index (χ4n) is 4.10. The Bertz CT molecular complexity index is 1310. The molecule has 8 nitrogen and oxygen atoms in total. The van der Waals surface area contributed by atoms with Crippen molar-refractivity contribution in [2.45, 2.75) is 31.4 Å². The molecule has 1 saturated carbocycles. The number of aliphatic hydroxyl groups is 1. The van der Waals surface area contributed by atoms with E-state index in [0.717, 1.165) is 27.5 Å². The van der Waals surface area contributed by atoms with Crippen LogP contribution in [0.3, 0.4) is 0 Å².